The molecule has 6 heteroatoms. The molecule has 94 valence electrons. The van der Waals surface area contributed by atoms with Crippen LogP contribution in [-0.4, -0.2) is 31.5 Å². The van der Waals surface area contributed by atoms with Crippen LogP contribution in [-0.2, 0) is 9.84 Å². The third-order valence-electron chi connectivity index (χ3n) is 3.54. The Hall–Kier alpha value is -0.460. The molecular weight excluding hydrogens is 256 g/mol. The lowest BCUT2D eigenvalue weighted by Gasteiger charge is -2.06. The van der Waals surface area contributed by atoms with Crippen molar-refractivity contribution in [2.45, 2.75) is 31.2 Å². The van der Waals surface area contributed by atoms with Crippen molar-refractivity contribution in [1.82, 2.24) is 10.3 Å². The van der Waals surface area contributed by atoms with E-state index in [-0.39, 0.29) is 11.7 Å². The molecule has 0 spiro atoms. The number of rotatable bonds is 2. The SMILES string of the molecule is O=S1(=O)CCC(c2nc([C@@H]3CCCN3)cs2)C1. The first kappa shape index (κ1) is 11.6. The minimum absolute atomic E-state index is 0.139. The fourth-order valence-electron chi connectivity index (χ4n) is 2.58. The second-order valence-electron chi connectivity index (χ2n) is 4.86. The lowest BCUT2D eigenvalue weighted by Crippen LogP contribution is -2.13. The summed E-state index contributed by atoms with van der Waals surface area (Å²) >= 11 is 1.62. The average Bonchev–Trinajstić information content (AvgIpc) is 2.93. The molecule has 1 N–H and O–H groups in total. The van der Waals surface area contributed by atoms with Crippen LogP contribution >= 0.6 is 11.3 Å². The second kappa shape index (κ2) is 4.33. The van der Waals surface area contributed by atoms with Crippen LogP contribution in [0.25, 0.3) is 0 Å². The van der Waals surface area contributed by atoms with Gasteiger partial charge in [0.25, 0.3) is 0 Å². The molecule has 2 fully saturated rings. The van der Waals surface area contributed by atoms with E-state index in [1.54, 1.807) is 11.3 Å². The summed E-state index contributed by atoms with van der Waals surface area (Å²) < 4.78 is 22.9. The maximum Gasteiger partial charge on any atom is 0.151 e. The molecular formula is C11H16N2O2S2. The number of nitrogens with one attached hydrogen (secondary N) is 1. The fourth-order valence-corrected chi connectivity index (χ4v) is 5.44. The summed E-state index contributed by atoms with van der Waals surface area (Å²) in [6.07, 6.45) is 3.09. The van der Waals surface area contributed by atoms with E-state index in [4.69, 9.17) is 0 Å². The van der Waals surface area contributed by atoms with Crippen LogP contribution in [0.5, 0.6) is 0 Å². The van der Waals surface area contributed by atoms with Crippen LogP contribution in [0, 0.1) is 0 Å². The molecule has 4 nitrogen and oxygen atoms in total. The number of thiazole rings is 1. The highest BCUT2D eigenvalue weighted by Gasteiger charge is 2.31. The number of hydrogen-bond acceptors (Lipinski definition) is 5. The van der Waals surface area contributed by atoms with Crippen molar-refractivity contribution in [3.8, 4) is 0 Å². The van der Waals surface area contributed by atoms with Crippen molar-refractivity contribution >= 4 is 21.2 Å². The van der Waals surface area contributed by atoms with Gasteiger partial charge in [0.2, 0.25) is 0 Å². The maximum atomic E-state index is 11.4. The van der Waals surface area contributed by atoms with Gasteiger partial charge in [-0.15, -0.1) is 11.3 Å². The molecule has 1 unspecified atom stereocenters. The number of sulfone groups is 1. The Morgan fingerprint density at radius 2 is 2.29 bits per heavy atom. The van der Waals surface area contributed by atoms with Gasteiger partial charge in [0.05, 0.1) is 28.2 Å². The van der Waals surface area contributed by atoms with Crippen molar-refractivity contribution in [3.05, 3.63) is 16.1 Å². The van der Waals surface area contributed by atoms with E-state index in [1.807, 2.05) is 0 Å². The summed E-state index contributed by atoms with van der Waals surface area (Å²) in [5.41, 5.74) is 1.10. The number of nitrogens with zero attached hydrogens (tertiary/aromatic N) is 1. The minimum atomic E-state index is -2.80. The molecule has 3 heterocycles. The number of aromatic nitrogens is 1. The van der Waals surface area contributed by atoms with Crippen LogP contribution in [0.1, 0.15) is 41.9 Å². The molecule has 1 aromatic heterocycles. The topological polar surface area (TPSA) is 59.1 Å². The summed E-state index contributed by atoms with van der Waals surface area (Å²) in [5.74, 6) is 0.756. The van der Waals surface area contributed by atoms with E-state index in [0.29, 0.717) is 11.8 Å². The molecule has 0 aliphatic carbocycles. The molecule has 2 atom stereocenters. The Kier molecular flexibility index (Phi) is 2.96. The molecule has 17 heavy (non-hydrogen) atoms. The summed E-state index contributed by atoms with van der Waals surface area (Å²) in [4.78, 5) is 4.63. The van der Waals surface area contributed by atoms with Crippen LogP contribution < -0.4 is 5.32 Å². The van der Waals surface area contributed by atoms with E-state index in [0.717, 1.165) is 30.1 Å². The van der Waals surface area contributed by atoms with E-state index >= 15 is 0 Å². The van der Waals surface area contributed by atoms with Crippen LogP contribution in [0.4, 0.5) is 0 Å². The van der Waals surface area contributed by atoms with Gasteiger partial charge in [-0.05, 0) is 25.8 Å². The first-order chi connectivity index (χ1) is 8.14. The second-order valence-corrected chi connectivity index (χ2v) is 7.98. The summed E-state index contributed by atoms with van der Waals surface area (Å²) in [6, 6.07) is 0.387. The van der Waals surface area contributed by atoms with E-state index < -0.39 is 9.84 Å². The lowest BCUT2D eigenvalue weighted by molar-refractivity contribution is 0.601. The third-order valence-corrected chi connectivity index (χ3v) is 6.33. The molecule has 2 aliphatic heterocycles. The molecule has 0 saturated carbocycles. The molecule has 0 radical (unpaired) electrons. The highest BCUT2D eigenvalue weighted by Crippen LogP contribution is 2.33. The Bertz CT molecular complexity index is 503. The van der Waals surface area contributed by atoms with E-state index in [2.05, 4.69) is 15.7 Å². The average molecular weight is 272 g/mol. The van der Waals surface area contributed by atoms with Crippen LogP contribution in [0.2, 0.25) is 0 Å². The monoisotopic (exact) mass is 272 g/mol. The molecule has 1 aromatic rings. The van der Waals surface area contributed by atoms with Gasteiger partial charge in [-0.1, -0.05) is 0 Å². The standard InChI is InChI=1S/C11H16N2O2S2/c14-17(15)5-3-8(7-17)11-13-10(6-16-11)9-2-1-4-12-9/h6,8-9,12H,1-5,7H2/t8?,9-/m0/s1. The minimum Gasteiger partial charge on any atom is -0.309 e. The van der Waals surface area contributed by atoms with Crippen molar-refractivity contribution in [2.24, 2.45) is 0 Å². The van der Waals surface area contributed by atoms with Gasteiger partial charge in [0.1, 0.15) is 0 Å². The normalized spacial score (nSPS) is 32.0. The maximum absolute atomic E-state index is 11.4. The molecule has 0 aromatic carbocycles. The lowest BCUT2D eigenvalue weighted by atomic mass is 10.1. The Morgan fingerprint density at radius 3 is 2.94 bits per heavy atom. The van der Waals surface area contributed by atoms with Gasteiger partial charge in [0, 0.05) is 11.3 Å². The number of hydrogen-bond donors (Lipinski definition) is 1. The first-order valence-electron chi connectivity index (χ1n) is 6.03. The zero-order valence-corrected chi connectivity index (χ0v) is 11.2. The van der Waals surface area contributed by atoms with Crippen molar-refractivity contribution in [2.75, 3.05) is 18.1 Å². The van der Waals surface area contributed by atoms with Crippen molar-refractivity contribution in [3.63, 3.8) is 0 Å². The van der Waals surface area contributed by atoms with Crippen LogP contribution in [0.3, 0.4) is 0 Å². The zero-order valence-electron chi connectivity index (χ0n) is 9.55. The van der Waals surface area contributed by atoms with Gasteiger partial charge in [-0.3, -0.25) is 0 Å². The molecule has 3 rings (SSSR count). The van der Waals surface area contributed by atoms with Gasteiger partial charge in [-0.25, -0.2) is 13.4 Å². The molecule has 2 aliphatic rings. The highest BCUT2D eigenvalue weighted by atomic mass is 32.2. The molecule has 0 amide bonds. The Labute approximate surface area is 105 Å². The predicted octanol–water partition coefficient (Wildman–Crippen LogP) is 1.47. The first-order valence-corrected chi connectivity index (χ1v) is 8.73. The summed E-state index contributed by atoms with van der Waals surface area (Å²) in [5, 5.41) is 6.51. The smallest absolute Gasteiger partial charge is 0.151 e. The van der Waals surface area contributed by atoms with Gasteiger partial charge in [-0.2, -0.15) is 0 Å². The predicted molar refractivity (Wildman–Crippen MR) is 68.1 cm³/mol. The van der Waals surface area contributed by atoms with Gasteiger partial charge in [0.15, 0.2) is 9.84 Å². The van der Waals surface area contributed by atoms with Crippen molar-refractivity contribution in [1.29, 1.82) is 0 Å². The largest absolute Gasteiger partial charge is 0.309 e. The Morgan fingerprint density at radius 1 is 1.41 bits per heavy atom. The zero-order chi connectivity index (χ0) is 11.9. The highest BCUT2D eigenvalue weighted by molar-refractivity contribution is 7.91. The van der Waals surface area contributed by atoms with E-state index in [9.17, 15) is 8.42 Å². The van der Waals surface area contributed by atoms with Gasteiger partial charge >= 0.3 is 0 Å². The van der Waals surface area contributed by atoms with Crippen LogP contribution in [0.15, 0.2) is 5.38 Å². The van der Waals surface area contributed by atoms with E-state index in [1.165, 1.54) is 6.42 Å². The summed E-state index contributed by atoms with van der Waals surface area (Å²) in [7, 11) is -2.80. The molecule has 2 saturated heterocycles. The third kappa shape index (κ3) is 2.39. The quantitative estimate of drug-likeness (QED) is 0.885. The molecule has 0 bridgehead atoms. The fraction of sp³-hybridized carbons (Fsp3) is 0.727. The van der Waals surface area contributed by atoms with Gasteiger partial charge < -0.3 is 5.32 Å². The summed E-state index contributed by atoms with van der Waals surface area (Å²) in [6.45, 7) is 1.06. The Balaban J connectivity index is 1.76. The van der Waals surface area contributed by atoms with Crippen molar-refractivity contribution < 1.29 is 8.42 Å².